The van der Waals surface area contributed by atoms with Gasteiger partial charge >= 0.3 is 0 Å². The van der Waals surface area contributed by atoms with Crippen LogP contribution in [0.15, 0.2) is 47.3 Å². The first-order valence-corrected chi connectivity index (χ1v) is 5.79. The maximum Gasteiger partial charge on any atom is 0.157 e. The number of aromatic nitrogens is 1. The normalized spacial score (nSPS) is 10.6. The minimum absolute atomic E-state index is 0.428. The van der Waals surface area contributed by atoms with E-state index in [2.05, 4.69) is 4.98 Å². The van der Waals surface area contributed by atoms with Crippen LogP contribution in [0.1, 0.15) is 10.4 Å². The van der Waals surface area contributed by atoms with E-state index in [-0.39, 0.29) is 0 Å². The Hall–Kier alpha value is -2.62. The number of benzene rings is 1. The lowest BCUT2D eigenvalue weighted by molar-refractivity contribution is 0.112. The Balaban J connectivity index is 2.38. The van der Waals surface area contributed by atoms with Gasteiger partial charge in [-0.1, -0.05) is 0 Å². The quantitative estimate of drug-likeness (QED) is 0.672. The van der Waals surface area contributed by atoms with Gasteiger partial charge in [0.25, 0.3) is 0 Å². The summed E-state index contributed by atoms with van der Waals surface area (Å²) in [6.45, 7) is 0. The molecule has 0 atom stereocenters. The number of carbonyl (C=O) groups excluding carboxylic acids is 1. The minimum atomic E-state index is 0.428. The van der Waals surface area contributed by atoms with E-state index in [0.29, 0.717) is 16.9 Å². The molecule has 2 aromatic heterocycles. The van der Waals surface area contributed by atoms with Crippen LogP contribution >= 0.6 is 0 Å². The number of rotatable bonds is 3. The van der Waals surface area contributed by atoms with E-state index >= 15 is 0 Å². The summed E-state index contributed by atoms with van der Waals surface area (Å²) in [5, 5.41) is 0.870. The molecule has 94 valence electrons. The van der Waals surface area contributed by atoms with Gasteiger partial charge in [-0.2, -0.15) is 0 Å². The van der Waals surface area contributed by atoms with Crippen LogP contribution in [0.5, 0.6) is 5.75 Å². The first-order valence-electron chi connectivity index (χ1n) is 5.79. The molecule has 0 aliphatic rings. The maximum atomic E-state index is 11.3. The molecule has 0 aliphatic carbocycles. The van der Waals surface area contributed by atoms with E-state index in [1.54, 1.807) is 25.8 Å². The van der Waals surface area contributed by atoms with Crippen molar-refractivity contribution in [1.82, 2.24) is 4.98 Å². The number of aldehydes is 1. The second-order valence-corrected chi connectivity index (χ2v) is 4.06. The Morgan fingerprint density at radius 2 is 2.05 bits per heavy atom. The van der Waals surface area contributed by atoms with Gasteiger partial charge < -0.3 is 9.15 Å². The summed E-state index contributed by atoms with van der Waals surface area (Å²) < 4.78 is 10.7. The molecule has 0 spiro atoms. The number of hydrogen-bond acceptors (Lipinski definition) is 4. The van der Waals surface area contributed by atoms with Crippen LogP contribution in [0.2, 0.25) is 0 Å². The highest BCUT2D eigenvalue weighted by molar-refractivity contribution is 6.02. The van der Waals surface area contributed by atoms with Crippen molar-refractivity contribution in [2.24, 2.45) is 0 Å². The summed E-state index contributed by atoms with van der Waals surface area (Å²) in [6.07, 6.45) is 5.73. The third-order valence-corrected chi connectivity index (χ3v) is 3.04. The fourth-order valence-corrected chi connectivity index (χ4v) is 2.19. The van der Waals surface area contributed by atoms with Crippen molar-refractivity contribution in [3.63, 3.8) is 0 Å². The van der Waals surface area contributed by atoms with Gasteiger partial charge in [-0.05, 0) is 29.8 Å². The second-order valence-electron chi connectivity index (χ2n) is 4.06. The molecule has 3 aromatic rings. The average molecular weight is 253 g/mol. The van der Waals surface area contributed by atoms with Gasteiger partial charge in [0.1, 0.15) is 16.9 Å². The number of methoxy groups -OCH3 is 1. The van der Waals surface area contributed by atoms with Crippen LogP contribution in [0.25, 0.3) is 22.1 Å². The van der Waals surface area contributed by atoms with Gasteiger partial charge in [0.2, 0.25) is 0 Å². The van der Waals surface area contributed by atoms with E-state index in [4.69, 9.17) is 9.15 Å². The first-order chi connectivity index (χ1) is 9.35. The molecule has 19 heavy (non-hydrogen) atoms. The summed E-state index contributed by atoms with van der Waals surface area (Å²) in [6, 6.07) is 7.52. The van der Waals surface area contributed by atoms with Crippen LogP contribution in [-0.4, -0.2) is 18.4 Å². The van der Waals surface area contributed by atoms with Crippen molar-refractivity contribution >= 4 is 17.3 Å². The lowest BCUT2D eigenvalue weighted by Crippen LogP contribution is -1.95. The van der Waals surface area contributed by atoms with E-state index in [9.17, 15) is 4.79 Å². The molecular formula is C15H11NO3. The molecule has 0 aliphatic heterocycles. The van der Waals surface area contributed by atoms with Crippen molar-refractivity contribution in [2.45, 2.75) is 0 Å². The van der Waals surface area contributed by atoms with Gasteiger partial charge in [-0.3, -0.25) is 9.78 Å². The maximum absolute atomic E-state index is 11.3. The van der Waals surface area contributed by atoms with E-state index in [1.807, 2.05) is 24.3 Å². The molecule has 4 nitrogen and oxygen atoms in total. The molecule has 2 heterocycles. The Kier molecular flexibility index (Phi) is 2.76. The van der Waals surface area contributed by atoms with Crippen molar-refractivity contribution in [1.29, 1.82) is 0 Å². The minimum Gasteiger partial charge on any atom is -0.495 e. The molecule has 0 unspecified atom stereocenters. The smallest absolute Gasteiger partial charge is 0.157 e. The Bertz CT molecular complexity index is 732. The number of nitrogens with zero attached hydrogens (tertiary/aromatic N) is 1. The van der Waals surface area contributed by atoms with Crippen LogP contribution in [0, 0.1) is 0 Å². The Labute approximate surface area is 109 Å². The molecule has 3 rings (SSSR count). The standard InChI is InChI=1S/C15H11NO3/c1-18-15-12(10-2-5-16-6-3-10)8-11-4-7-19-14(11)13(15)9-17/h2-9H,1H3. The zero-order valence-corrected chi connectivity index (χ0v) is 10.3. The van der Waals surface area contributed by atoms with Gasteiger partial charge in [-0.15, -0.1) is 0 Å². The van der Waals surface area contributed by atoms with Crippen LogP contribution in [0.3, 0.4) is 0 Å². The summed E-state index contributed by atoms with van der Waals surface area (Å²) in [5.41, 5.74) is 2.76. The molecule has 1 aromatic carbocycles. The van der Waals surface area contributed by atoms with E-state index in [0.717, 1.165) is 22.8 Å². The summed E-state index contributed by atoms with van der Waals surface area (Å²) in [4.78, 5) is 15.3. The van der Waals surface area contributed by atoms with Crippen LogP contribution in [-0.2, 0) is 0 Å². The van der Waals surface area contributed by atoms with E-state index in [1.165, 1.54) is 0 Å². The highest BCUT2D eigenvalue weighted by Crippen LogP contribution is 2.37. The zero-order valence-electron chi connectivity index (χ0n) is 10.3. The van der Waals surface area contributed by atoms with Crippen molar-refractivity contribution in [3.05, 3.63) is 48.5 Å². The molecule has 0 fully saturated rings. The van der Waals surface area contributed by atoms with Crippen molar-refractivity contribution in [2.75, 3.05) is 7.11 Å². The van der Waals surface area contributed by atoms with Crippen LogP contribution in [0.4, 0.5) is 0 Å². The molecule has 0 amide bonds. The topological polar surface area (TPSA) is 52.3 Å². The summed E-state index contributed by atoms with van der Waals surface area (Å²) in [7, 11) is 1.54. The predicted molar refractivity (Wildman–Crippen MR) is 71.4 cm³/mol. The zero-order chi connectivity index (χ0) is 13.2. The second kappa shape index (κ2) is 4.57. The molecule has 4 heteroatoms. The fraction of sp³-hybridized carbons (Fsp3) is 0.0667. The fourth-order valence-electron chi connectivity index (χ4n) is 2.19. The number of fused-ring (bicyclic) bond motifs is 1. The van der Waals surface area contributed by atoms with Gasteiger partial charge in [-0.25, -0.2) is 0 Å². The molecule has 0 radical (unpaired) electrons. The van der Waals surface area contributed by atoms with Crippen molar-refractivity contribution in [3.8, 4) is 16.9 Å². The van der Waals surface area contributed by atoms with Crippen LogP contribution < -0.4 is 4.74 Å². The monoisotopic (exact) mass is 253 g/mol. The first kappa shape index (κ1) is 11.5. The SMILES string of the molecule is COc1c(-c2ccncc2)cc2ccoc2c1C=O. The lowest BCUT2D eigenvalue weighted by Gasteiger charge is -2.11. The summed E-state index contributed by atoms with van der Waals surface area (Å²) >= 11 is 0. The Morgan fingerprint density at radius 1 is 1.26 bits per heavy atom. The average Bonchev–Trinajstić information content (AvgIpc) is 2.94. The molecule has 0 saturated carbocycles. The molecule has 0 saturated heterocycles. The highest BCUT2D eigenvalue weighted by Gasteiger charge is 2.17. The number of pyridine rings is 1. The van der Waals surface area contributed by atoms with Gasteiger partial charge in [0, 0.05) is 23.3 Å². The third kappa shape index (κ3) is 1.78. The number of ether oxygens (including phenoxy) is 1. The van der Waals surface area contributed by atoms with Crippen molar-refractivity contribution < 1.29 is 13.9 Å². The van der Waals surface area contributed by atoms with Gasteiger partial charge in [0.15, 0.2) is 6.29 Å². The number of furan rings is 1. The van der Waals surface area contributed by atoms with E-state index < -0.39 is 0 Å². The lowest BCUT2D eigenvalue weighted by atomic mass is 10.0. The van der Waals surface area contributed by atoms with Gasteiger partial charge in [0.05, 0.1) is 13.4 Å². The number of carbonyl (C=O) groups is 1. The summed E-state index contributed by atoms with van der Waals surface area (Å²) in [5.74, 6) is 0.517. The largest absolute Gasteiger partial charge is 0.495 e. The molecular weight excluding hydrogens is 242 g/mol. The Morgan fingerprint density at radius 3 is 2.74 bits per heavy atom. The molecule has 0 N–H and O–H groups in total. The predicted octanol–water partition coefficient (Wildman–Crippen LogP) is 3.32. The molecule has 0 bridgehead atoms. The highest BCUT2D eigenvalue weighted by atomic mass is 16.5. The number of hydrogen-bond donors (Lipinski definition) is 0. The third-order valence-electron chi connectivity index (χ3n) is 3.04.